The van der Waals surface area contributed by atoms with Crippen LogP contribution in [0.2, 0.25) is 0 Å². The third-order valence-electron chi connectivity index (χ3n) is 2.85. The number of hydrogen-bond acceptors (Lipinski definition) is 3. The van der Waals surface area contributed by atoms with Crippen LogP contribution in [-0.4, -0.2) is 24.1 Å². The largest absolute Gasteiger partial charge is 0.347 e. The summed E-state index contributed by atoms with van der Waals surface area (Å²) in [6.45, 7) is 2.10. The summed E-state index contributed by atoms with van der Waals surface area (Å²) in [5.41, 5.74) is 1.02. The lowest BCUT2D eigenvalue weighted by molar-refractivity contribution is 0.574. The Morgan fingerprint density at radius 1 is 1.32 bits per heavy atom. The molecule has 1 atom stereocenters. The molecule has 0 aliphatic carbocycles. The molecule has 0 amide bonds. The number of sulfonamides is 1. The number of rotatable bonds is 6. The van der Waals surface area contributed by atoms with Gasteiger partial charge in [0.1, 0.15) is 5.82 Å². The minimum Gasteiger partial charge on any atom is -0.347 e. The van der Waals surface area contributed by atoms with Gasteiger partial charge in [-0.3, -0.25) is 0 Å². The zero-order chi connectivity index (χ0) is 13.7. The lowest BCUT2D eigenvalue weighted by atomic mass is 10.0. The molecule has 19 heavy (non-hydrogen) atoms. The van der Waals surface area contributed by atoms with Crippen molar-refractivity contribution in [3.8, 4) is 0 Å². The van der Waals surface area contributed by atoms with Crippen molar-refractivity contribution in [3.05, 3.63) is 54.1 Å². The highest BCUT2D eigenvalue weighted by molar-refractivity contribution is 7.89. The van der Waals surface area contributed by atoms with E-state index in [4.69, 9.17) is 0 Å². The van der Waals surface area contributed by atoms with Gasteiger partial charge in [-0.1, -0.05) is 37.3 Å². The fourth-order valence-electron chi connectivity index (χ4n) is 1.84. The molecule has 6 heteroatoms. The first-order valence-electron chi connectivity index (χ1n) is 6.07. The van der Waals surface area contributed by atoms with Crippen LogP contribution in [0.4, 0.5) is 0 Å². The number of benzene rings is 1. The van der Waals surface area contributed by atoms with E-state index in [0.29, 0.717) is 5.82 Å². The molecular formula is C13H17N3O2S. The third-order valence-corrected chi connectivity index (χ3v) is 4.38. The Morgan fingerprint density at radius 2 is 2.05 bits per heavy atom. The maximum absolute atomic E-state index is 12.0. The van der Waals surface area contributed by atoms with Crippen LogP contribution >= 0.6 is 0 Å². The lowest BCUT2D eigenvalue weighted by Crippen LogP contribution is -2.28. The fraction of sp³-hybridized carbons (Fsp3) is 0.308. The molecule has 2 rings (SSSR count). The van der Waals surface area contributed by atoms with E-state index in [1.54, 1.807) is 12.4 Å². The Balaban J connectivity index is 1.93. The molecule has 0 saturated carbocycles. The first-order chi connectivity index (χ1) is 9.07. The van der Waals surface area contributed by atoms with E-state index in [0.717, 1.165) is 5.56 Å². The summed E-state index contributed by atoms with van der Waals surface area (Å²) in [6.07, 6.45) is 3.26. The monoisotopic (exact) mass is 279 g/mol. The predicted molar refractivity (Wildman–Crippen MR) is 74.1 cm³/mol. The van der Waals surface area contributed by atoms with Gasteiger partial charge in [0, 0.05) is 12.4 Å². The number of nitrogens with zero attached hydrogens (tertiary/aromatic N) is 1. The quantitative estimate of drug-likeness (QED) is 0.844. The standard InChI is InChI=1S/C13H17N3O2S/c1-11(12-5-3-2-4-6-12)10-19(17,18)16-9-13-14-7-8-15-13/h2-8,11,16H,9-10H2,1H3,(H,14,15). The second kappa shape index (κ2) is 5.99. The molecule has 1 unspecified atom stereocenters. The van der Waals surface area contributed by atoms with Crippen LogP contribution in [0, 0.1) is 0 Å². The number of aromatic amines is 1. The van der Waals surface area contributed by atoms with E-state index >= 15 is 0 Å². The van der Waals surface area contributed by atoms with Gasteiger partial charge in [0.25, 0.3) is 0 Å². The average Bonchev–Trinajstić information content (AvgIpc) is 2.90. The van der Waals surface area contributed by atoms with Crippen molar-refractivity contribution in [1.82, 2.24) is 14.7 Å². The minimum absolute atomic E-state index is 0.0460. The Labute approximate surface area is 113 Å². The van der Waals surface area contributed by atoms with E-state index in [1.807, 2.05) is 37.3 Å². The smallest absolute Gasteiger partial charge is 0.212 e. The molecule has 0 radical (unpaired) electrons. The van der Waals surface area contributed by atoms with Crippen LogP contribution in [0.5, 0.6) is 0 Å². The first kappa shape index (κ1) is 13.8. The molecular weight excluding hydrogens is 262 g/mol. The van der Waals surface area contributed by atoms with Gasteiger partial charge in [0.15, 0.2) is 0 Å². The Kier molecular flexibility index (Phi) is 4.34. The molecule has 102 valence electrons. The van der Waals surface area contributed by atoms with Gasteiger partial charge in [-0.05, 0) is 11.5 Å². The second-order valence-electron chi connectivity index (χ2n) is 4.45. The topological polar surface area (TPSA) is 74.8 Å². The van der Waals surface area contributed by atoms with Crippen molar-refractivity contribution in [2.75, 3.05) is 5.75 Å². The SMILES string of the molecule is CC(CS(=O)(=O)NCc1ncc[nH]1)c1ccccc1. The Hall–Kier alpha value is -1.66. The fourth-order valence-corrected chi connectivity index (χ4v) is 3.16. The summed E-state index contributed by atoms with van der Waals surface area (Å²) in [7, 11) is -3.32. The zero-order valence-corrected chi connectivity index (χ0v) is 11.5. The van der Waals surface area contributed by atoms with E-state index in [2.05, 4.69) is 14.7 Å². The summed E-state index contributed by atoms with van der Waals surface area (Å²) in [4.78, 5) is 6.83. The van der Waals surface area contributed by atoms with E-state index in [-0.39, 0.29) is 18.2 Å². The molecule has 1 aromatic heterocycles. The number of hydrogen-bond donors (Lipinski definition) is 2. The van der Waals surface area contributed by atoms with Crippen molar-refractivity contribution in [1.29, 1.82) is 0 Å². The third kappa shape index (κ3) is 4.18. The molecule has 1 heterocycles. The summed E-state index contributed by atoms with van der Waals surface area (Å²) < 4.78 is 26.5. The predicted octanol–water partition coefficient (Wildman–Crippen LogP) is 1.63. The molecule has 0 aliphatic heterocycles. The summed E-state index contributed by atoms with van der Waals surface area (Å²) in [5.74, 6) is 0.629. The zero-order valence-electron chi connectivity index (χ0n) is 10.7. The van der Waals surface area contributed by atoms with Crippen LogP contribution in [-0.2, 0) is 16.6 Å². The van der Waals surface area contributed by atoms with Crippen LogP contribution < -0.4 is 4.72 Å². The molecule has 1 aromatic carbocycles. The van der Waals surface area contributed by atoms with Crippen molar-refractivity contribution < 1.29 is 8.42 Å². The van der Waals surface area contributed by atoms with Crippen LogP contribution in [0.25, 0.3) is 0 Å². The molecule has 2 aromatic rings. The van der Waals surface area contributed by atoms with Crippen LogP contribution in [0.1, 0.15) is 24.2 Å². The lowest BCUT2D eigenvalue weighted by Gasteiger charge is -2.12. The summed E-state index contributed by atoms with van der Waals surface area (Å²) in [6, 6.07) is 9.61. The van der Waals surface area contributed by atoms with Gasteiger partial charge in [0.2, 0.25) is 10.0 Å². The van der Waals surface area contributed by atoms with Crippen molar-refractivity contribution in [3.63, 3.8) is 0 Å². The van der Waals surface area contributed by atoms with E-state index < -0.39 is 10.0 Å². The molecule has 0 aliphatic rings. The molecule has 0 bridgehead atoms. The molecule has 2 N–H and O–H groups in total. The normalized spacial score (nSPS) is 13.3. The maximum atomic E-state index is 12.0. The Morgan fingerprint density at radius 3 is 2.68 bits per heavy atom. The van der Waals surface area contributed by atoms with Crippen molar-refractivity contribution >= 4 is 10.0 Å². The molecule has 0 saturated heterocycles. The van der Waals surface area contributed by atoms with Crippen molar-refractivity contribution in [2.45, 2.75) is 19.4 Å². The number of H-pyrrole nitrogens is 1. The van der Waals surface area contributed by atoms with Gasteiger partial charge in [-0.15, -0.1) is 0 Å². The summed E-state index contributed by atoms with van der Waals surface area (Å²) >= 11 is 0. The second-order valence-corrected chi connectivity index (χ2v) is 6.30. The van der Waals surface area contributed by atoms with Gasteiger partial charge in [0.05, 0.1) is 12.3 Å². The first-order valence-corrected chi connectivity index (χ1v) is 7.72. The average molecular weight is 279 g/mol. The van der Waals surface area contributed by atoms with E-state index in [1.165, 1.54) is 0 Å². The van der Waals surface area contributed by atoms with Gasteiger partial charge in [-0.25, -0.2) is 18.1 Å². The molecule has 5 nitrogen and oxygen atoms in total. The number of nitrogens with one attached hydrogen (secondary N) is 2. The molecule has 0 spiro atoms. The summed E-state index contributed by atoms with van der Waals surface area (Å²) in [5, 5.41) is 0. The minimum atomic E-state index is -3.32. The van der Waals surface area contributed by atoms with Crippen LogP contribution in [0.15, 0.2) is 42.7 Å². The Bertz CT molecular complexity index is 594. The number of imidazole rings is 1. The van der Waals surface area contributed by atoms with Gasteiger partial charge in [-0.2, -0.15) is 0 Å². The maximum Gasteiger partial charge on any atom is 0.212 e. The molecule has 0 fully saturated rings. The highest BCUT2D eigenvalue weighted by Gasteiger charge is 2.16. The van der Waals surface area contributed by atoms with Gasteiger partial charge >= 0.3 is 0 Å². The highest BCUT2D eigenvalue weighted by atomic mass is 32.2. The van der Waals surface area contributed by atoms with Gasteiger partial charge < -0.3 is 4.98 Å². The van der Waals surface area contributed by atoms with Crippen LogP contribution in [0.3, 0.4) is 0 Å². The van der Waals surface area contributed by atoms with E-state index in [9.17, 15) is 8.42 Å². The number of aromatic nitrogens is 2. The van der Waals surface area contributed by atoms with Crippen molar-refractivity contribution in [2.24, 2.45) is 0 Å². The highest BCUT2D eigenvalue weighted by Crippen LogP contribution is 2.16.